The Morgan fingerprint density at radius 3 is 2.43 bits per heavy atom. The molecule has 2 aromatic rings. The number of carbonyl (C=O) groups excluding carboxylic acids is 1. The van der Waals surface area contributed by atoms with E-state index in [1.807, 2.05) is 0 Å². The quantitative estimate of drug-likeness (QED) is 0.584. The summed E-state index contributed by atoms with van der Waals surface area (Å²) in [6.07, 6.45) is -1.24. The van der Waals surface area contributed by atoms with Crippen molar-refractivity contribution in [3.63, 3.8) is 0 Å². The maximum absolute atomic E-state index is 13.5. The molecule has 0 radical (unpaired) electrons. The highest BCUT2D eigenvalue weighted by atomic mass is 19.4. The number of halogens is 3. The molecular weight excluding hydrogens is 373 g/mol. The molecule has 0 atom stereocenters. The number of aliphatic imine (C=N–C) groups is 2. The molecule has 7 nitrogen and oxygen atoms in total. The number of amidine groups is 1. The van der Waals surface area contributed by atoms with Crippen molar-refractivity contribution in [2.75, 3.05) is 5.32 Å². The van der Waals surface area contributed by atoms with Crippen molar-refractivity contribution in [2.45, 2.75) is 19.6 Å². The second-order valence-corrected chi connectivity index (χ2v) is 5.54. The summed E-state index contributed by atoms with van der Waals surface area (Å²) in [6.45, 7) is 4.63. The van der Waals surface area contributed by atoms with Crippen LogP contribution in [0.1, 0.15) is 21.7 Å². The number of hydrogen-bond acceptors (Lipinski definition) is 5. The number of primary amides is 1. The number of nitrogens with one attached hydrogen (secondary N) is 1. The Kier molecular flexibility index (Phi) is 6.59. The average molecular weight is 390 g/mol. The Bertz CT molecular complexity index is 920. The predicted molar refractivity (Wildman–Crippen MR) is 100 cm³/mol. The lowest BCUT2D eigenvalue weighted by Crippen LogP contribution is -2.26. The number of nitrogens with two attached hydrogens (primary N) is 1. The van der Waals surface area contributed by atoms with E-state index in [9.17, 15) is 18.0 Å². The fraction of sp³-hybridized carbons (Fsp3) is 0.167. The zero-order valence-electron chi connectivity index (χ0n) is 14.9. The highest BCUT2D eigenvalue weighted by Crippen LogP contribution is 2.28. The topological polar surface area (TPSA) is 106 Å². The fourth-order valence-corrected chi connectivity index (χ4v) is 2.15. The number of aryl methyl sites for hydroxylation is 1. The first-order chi connectivity index (χ1) is 13.2. The maximum atomic E-state index is 13.5. The van der Waals surface area contributed by atoms with Crippen LogP contribution in [0, 0.1) is 6.92 Å². The van der Waals surface area contributed by atoms with Crippen molar-refractivity contribution in [1.29, 1.82) is 0 Å². The van der Waals surface area contributed by atoms with Crippen molar-refractivity contribution < 1.29 is 18.0 Å². The van der Waals surface area contributed by atoms with Crippen LogP contribution >= 0.6 is 0 Å². The van der Waals surface area contributed by atoms with Crippen LogP contribution in [-0.4, -0.2) is 34.6 Å². The fourth-order valence-electron chi connectivity index (χ4n) is 2.15. The Labute approximate surface area is 158 Å². The number of carbonyl (C=O) groups is 1. The molecule has 3 N–H and O–H groups in total. The van der Waals surface area contributed by atoms with Gasteiger partial charge in [0.2, 0.25) is 5.91 Å². The first kappa shape index (κ1) is 20.7. The third kappa shape index (κ3) is 5.47. The predicted octanol–water partition coefficient (Wildman–Crippen LogP) is 3.04. The van der Waals surface area contributed by atoms with Gasteiger partial charge >= 0.3 is 6.18 Å². The number of nitrogens with zero attached hydrogens (tertiary/aromatic N) is 4. The van der Waals surface area contributed by atoms with E-state index < -0.39 is 23.5 Å². The van der Waals surface area contributed by atoms with Gasteiger partial charge < -0.3 is 11.1 Å². The number of hydrogen-bond donors (Lipinski definition) is 2. The molecule has 1 aromatic heterocycles. The first-order valence-electron chi connectivity index (χ1n) is 7.93. The Morgan fingerprint density at radius 2 is 1.89 bits per heavy atom. The lowest BCUT2D eigenvalue weighted by Gasteiger charge is -2.16. The molecule has 0 saturated heterocycles. The Hall–Kier alpha value is -3.56. The van der Waals surface area contributed by atoms with Gasteiger partial charge in [-0.25, -0.2) is 0 Å². The van der Waals surface area contributed by atoms with Crippen LogP contribution in [0.4, 0.5) is 18.9 Å². The Balaban J connectivity index is 2.41. The van der Waals surface area contributed by atoms with Crippen LogP contribution in [-0.2, 0) is 6.54 Å². The van der Waals surface area contributed by atoms with Crippen molar-refractivity contribution in [1.82, 2.24) is 9.97 Å². The molecule has 0 fully saturated rings. The molecule has 0 aliphatic rings. The number of benzene rings is 1. The molecule has 0 aliphatic heterocycles. The molecule has 28 heavy (non-hydrogen) atoms. The lowest BCUT2D eigenvalue weighted by molar-refractivity contribution is -0.0862. The van der Waals surface area contributed by atoms with E-state index in [1.165, 1.54) is 36.7 Å². The molecule has 146 valence electrons. The van der Waals surface area contributed by atoms with Gasteiger partial charge in [0.05, 0.1) is 17.9 Å². The lowest BCUT2D eigenvalue weighted by atomic mass is 10.2. The smallest absolute Gasteiger partial charge is 0.366 e. The molecular formula is C18H17F3N6O. The van der Waals surface area contributed by atoms with Crippen molar-refractivity contribution >= 4 is 24.1 Å². The highest BCUT2D eigenvalue weighted by molar-refractivity contribution is 6.09. The van der Waals surface area contributed by atoms with Crippen LogP contribution in [0.2, 0.25) is 0 Å². The van der Waals surface area contributed by atoms with E-state index in [0.717, 1.165) is 0 Å². The SMILES string of the molecule is C=N/C=C(\C(=NCc1nccnc1C)Nc1ccc(C(N)=O)cc1)C(F)(F)F. The van der Waals surface area contributed by atoms with Crippen LogP contribution < -0.4 is 11.1 Å². The number of aromatic nitrogens is 2. The van der Waals surface area contributed by atoms with E-state index in [2.05, 4.69) is 32.0 Å². The van der Waals surface area contributed by atoms with Crippen LogP contribution in [0.25, 0.3) is 0 Å². The summed E-state index contributed by atoms with van der Waals surface area (Å²) < 4.78 is 40.4. The molecule has 0 aliphatic carbocycles. The van der Waals surface area contributed by atoms with Crippen LogP contribution in [0.15, 0.2) is 58.4 Å². The van der Waals surface area contributed by atoms with Crippen molar-refractivity contribution in [3.05, 3.63) is 65.4 Å². The van der Waals surface area contributed by atoms with Gasteiger partial charge in [-0.1, -0.05) is 0 Å². The zero-order valence-corrected chi connectivity index (χ0v) is 14.9. The minimum absolute atomic E-state index is 0.133. The molecule has 1 heterocycles. The highest BCUT2D eigenvalue weighted by Gasteiger charge is 2.37. The van der Waals surface area contributed by atoms with E-state index >= 15 is 0 Å². The first-order valence-corrected chi connectivity index (χ1v) is 7.93. The van der Waals surface area contributed by atoms with Gasteiger partial charge in [-0.15, -0.1) is 0 Å². The maximum Gasteiger partial charge on any atom is 0.421 e. The molecule has 1 aromatic carbocycles. The normalized spacial score (nSPS) is 12.6. The molecule has 2 rings (SSSR count). The van der Waals surface area contributed by atoms with Crippen LogP contribution in [0.3, 0.4) is 0 Å². The molecule has 10 heteroatoms. The van der Waals surface area contributed by atoms with Gasteiger partial charge in [-0.3, -0.25) is 24.7 Å². The number of alkyl halides is 3. The number of rotatable bonds is 6. The van der Waals surface area contributed by atoms with Gasteiger partial charge in [0, 0.05) is 29.8 Å². The summed E-state index contributed by atoms with van der Waals surface area (Å²) in [7, 11) is 0. The molecule has 0 spiro atoms. The zero-order chi connectivity index (χ0) is 20.7. The van der Waals surface area contributed by atoms with E-state index in [0.29, 0.717) is 17.6 Å². The third-order valence-corrected chi connectivity index (χ3v) is 3.58. The summed E-state index contributed by atoms with van der Waals surface area (Å²) in [6, 6.07) is 5.60. The van der Waals surface area contributed by atoms with Crippen LogP contribution in [0.5, 0.6) is 0 Å². The largest absolute Gasteiger partial charge is 0.421 e. The molecule has 0 unspecified atom stereocenters. The third-order valence-electron chi connectivity index (χ3n) is 3.58. The van der Waals surface area contributed by atoms with Crippen molar-refractivity contribution in [2.24, 2.45) is 15.7 Å². The summed E-state index contributed by atoms with van der Waals surface area (Å²) in [5.41, 5.74) is 5.53. The minimum atomic E-state index is -4.72. The van der Waals surface area contributed by atoms with E-state index in [-0.39, 0.29) is 17.8 Å². The van der Waals surface area contributed by atoms with Gasteiger partial charge in [0.1, 0.15) is 11.4 Å². The van der Waals surface area contributed by atoms with E-state index in [1.54, 1.807) is 6.92 Å². The summed E-state index contributed by atoms with van der Waals surface area (Å²) in [5.74, 6) is -1.12. The standard InChI is InChI=1S/C18H17F3N6O/c1-11-15(25-8-7-24-11)10-26-17(14(9-23-2)18(19,20)21)27-13-5-3-12(4-6-13)16(22)28/h3-9H,2,10H2,1H3,(H2,22,28)(H,26,27)/b14-9+. The summed E-state index contributed by atoms with van der Waals surface area (Å²) in [4.78, 5) is 26.5. The van der Waals surface area contributed by atoms with Gasteiger partial charge in [-0.2, -0.15) is 13.2 Å². The van der Waals surface area contributed by atoms with Crippen molar-refractivity contribution in [3.8, 4) is 0 Å². The summed E-state index contributed by atoms with van der Waals surface area (Å²) in [5, 5.41) is 2.60. The van der Waals surface area contributed by atoms with Gasteiger partial charge in [0.15, 0.2) is 0 Å². The minimum Gasteiger partial charge on any atom is -0.366 e. The van der Waals surface area contributed by atoms with E-state index in [4.69, 9.17) is 5.73 Å². The second-order valence-electron chi connectivity index (χ2n) is 5.54. The molecule has 1 amide bonds. The average Bonchev–Trinajstić information content (AvgIpc) is 2.64. The Morgan fingerprint density at radius 1 is 1.25 bits per heavy atom. The van der Waals surface area contributed by atoms with Gasteiger partial charge in [0.25, 0.3) is 0 Å². The monoisotopic (exact) mass is 390 g/mol. The number of anilines is 1. The summed E-state index contributed by atoms with van der Waals surface area (Å²) >= 11 is 0. The number of amides is 1. The second kappa shape index (κ2) is 8.89. The molecule has 0 bridgehead atoms. The van der Waals surface area contributed by atoms with Gasteiger partial charge in [-0.05, 0) is 37.9 Å². The molecule has 0 saturated carbocycles.